The maximum Gasteiger partial charge on any atom is 0.143 e. The Kier molecular flexibility index (Phi) is 7.56. The normalized spacial score (nSPS) is 21.9. The van der Waals surface area contributed by atoms with Crippen molar-refractivity contribution in [3.8, 4) is 12.1 Å². The van der Waals surface area contributed by atoms with Crippen molar-refractivity contribution in [2.75, 3.05) is 50.7 Å². The lowest BCUT2D eigenvalue weighted by Crippen LogP contribution is -2.35. The van der Waals surface area contributed by atoms with Gasteiger partial charge in [0.1, 0.15) is 23.4 Å². The van der Waals surface area contributed by atoms with E-state index in [1.54, 1.807) is 19.4 Å². The third-order valence-electron chi connectivity index (χ3n) is 6.63. The van der Waals surface area contributed by atoms with E-state index in [-0.39, 0.29) is 0 Å². The van der Waals surface area contributed by atoms with Crippen molar-refractivity contribution in [2.24, 2.45) is 5.41 Å². The molecule has 2 aromatic heterocycles. The molecular weight excluding hydrogens is 418 g/mol. The number of nitrogens with zero attached hydrogens (tertiary/aromatic N) is 4. The molecule has 4 rings (SSSR count). The SMILES string of the molecule is COCCN[C@H]1CC[C@H](Nc2cc3c(NCC4(C#N)CCOCC4)nc(C#N)cc3cn2)C1. The Morgan fingerprint density at radius 1 is 1.21 bits per heavy atom. The van der Waals surface area contributed by atoms with Crippen molar-refractivity contribution in [1.29, 1.82) is 10.5 Å². The molecule has 33 heavy (non-hydrogen) atoms. The van der Waals surface area contributed by atoms with Crippen LogP contribution >= 0.6 is 0 Å². The van der Waals surface area contributed by atoms with Crippen LogP contribution in [0.2, 0.25) is 0 Å². The van der Waals surface area contributed by atoms with E-state index < -0.39 is 5.41 Å². The summed E-state index contributed by atoms with van der Waals surface area (Å²) in [4.78, 5) is 9.09. The van der Waals surface area contributed by atoms with Gasteiger partial charge >= 0.3 is 0 Å². The smallest absolute Gasteiger partial charge is 0.143 e. The Morgan fingerprint density at radius 3 is 2.79 bits per heavy atom. The number of nitriles is 2. The van der Waals surface area contributed by atoms with Gasteiger partial charge in [-0.1, -0.05) is 0 Å². The van der Waals surface area contributed by atoms with E-state index in [1.807, 2.05) is 6.07 Å². The number of ether oxygens (including phenoxy) is 2. The van der Waals surface area contributed by atoms with E-state index in [4.69, 9.17) is 9.47 Å². The average Bonchev–Trinajstić information content (AvgIpc) is 3.30. The number of hydrogen-bond acceptors (Lipinski definition) is 9. The molecule has 0 unspecified atom stereocenters. The van der Waals surface area contributed by atoms with Gasteiger partial charge in [-0.15, -0.1) is 0 Å². The molecule has 1 saturated carbocycles. The third kappa shape index (κ3) is 5.69. The highest BCUT2D eigenvalue weighted by atomic mass is 16.5. The van der Waals surface area contributed by atoms with Gasteiger partial charge in [-0.25, -0.2) is 9.97 Å². The minimum atomic E-state index is -0.488. The van der Waals surface area contributed by atoms with Crippen molar-refractivity contribution in [2.45, 2.75) is 44.2 Å². The zero-order valence-corrected chi connectivity index (χ0v) is 19.1. The molecule has 1 aliphatic carbocycles. The van der Waals surface area contributed by atoms with Crippen LogP contribution < -0.4 is 16.0 Å². The van der Waals surface area contributed by atoms with Crippen LogP contribution in [0.4, 0.5) is 11.6 Å². The quantitative estimate of drug-likeness (QED) is 0.495. The molecular formula is C24H31N7O2. The molecule has 174 valence electrons. The van der Waals surface area contributed by atoms with Gasteiger partial charge in [0.05, 0.1) is 18.1 Å². The lowest BCUT2D eigenvalue weighted by Gasteiger charge is -2.31. The maximum atomic E-state index is 9.78. The molecule has 0 radical (unpaired) electrons. The second kappa shape index (κ2) is 10.8. The molecule has 2 fully saturated rings. The second-order valence-corrected chi connectivity index (χ2v) is 8.91. The van der Waals surface area contributed by atoms with Crippen molar-refractivity contribution < 1.29 is 9.47 Å². The highest BCUT2D eigenvalue weighted by Crippen LogP contribution is 2.32. The first-order chi connectivity index (χ1) is 16.1. The molecule has 1 saturated heterocycles. The summed E-state index contributed by atoms with van der Waals surface area (Å²) in [6.07, 6.45) is 6.38. The lowest BCUT2D eigenvalue weighted by atomic mass is 9.82. The zero-order chi connectivity index (χ0) is 23.1. The van der Waals surface area contributed by atoms with Crippen LogP contribution in [0.25, 0.3) is 10.8 Å². The van der Waals surface area contributed by atoms with Crippen LogP contribution in [0.5, 0.6) is 0 Å². The van der Waals surface area contributed by atoms with Gasteiger partial charge in [-0.3, -0.25) is 0 Å². The lowest BCUT2D eigenvalue weighted by molar-refractivity contribution is 0.0456. The molecule has 0 bridgehead atoms. The molecule has 1 aliphatic heterocycles. The molecule has 0 spiro atoms. The number of pyridine rings is 2. The largest absolute Gasteiger partial charge is 0.383 e. The fourth-order valence-electron chi connectivity index (χ4n) is 4.63. The summed E-state index contributed by atoms with van der Waals surface area (Å²) < 4.78 is 10.6. The monoisotopic (exact) mass is 449 g/mol. The van der Waals surface area contributed by atoms with Crippen LogP contribution in [0.1, 0.15) is 37.8 Å². The van der Waals surface area contributed by atoms with E-state index in [0.29, 0.717) is 62.8 Å². The first kappa shape index (κ1) is 23.2. The van der Waals surface area contributed by atoms with E-state index in [2.05, 4.69) is 38.1 Å². The Balaban J connectivity index is 1.49. The Labute approximate surface area is 194 Å². The van der Waals surface area contributed by atoms with Gasteiger partial charge in [-0.2, -0.15) is 10.5 Å². The van der Waals surface area contributed by atoms with Gasteiger partial charge in [0.25, 0.3) is 0 Å². The number of aromatic nitrogens is 2. The molecule has 2 atom stereocenters. The van der Waals surface area contributed by atoms with Crippen molar-refractivity contribution in [3.63, 3.8) is 0 Å². The molecule has 3 N–H and O–H groups in total. The Morgan fingerprint density at radius 2 is 2.03 bits per heavy atom. The van der Waals surface area contributed by atoms with Gasteiger partial charge in [0, 0.05) is 62.5 Å². The number of hydrogen-bond donors (Lipinski definition) is 3. The average molecular weight is 450 g/mol. The van der Waals surface area contributed by atoms with Crippen LogP contribution in [0.3, 0.4) is 0 Å². The zero-order valence-electron chi connectivity index (χ0n) is 19.1. The number of fused-ring (bicyclic) bond motifs is 1. The fourth-order valence-corrected chi connectivity index (χ4v) is 4.63. The summed E-state index contributed by atoms with van der Waals surface area (Å²) in [5, 5.41) is 31.4. The predicted octanol–water partition coefficient (Wildman–Crippen LogP) is 2.80. The first-order valence-corrected chi connectivity index (χ1v) is 11.6. The summed E-state index contributed by atoms with van der Waals surface area (Å²) >= 11 is 0. The molecule has 2 aliphatic rings. The van der Waals surface area contributed by atoms with Crippen LogP contribution in [-0.2, 0) is 9.47 Å². The van der Waals surface area contributed by atoms with Crippen LogP contribution in [-0.4, -0.2) is 62.1 Å². The maximum absolute atomic E-state index is 9.78. The van der Waals surface area contributed by atoms with Crippen molar-refractivity contribution in [1.82, 2.24) is 15.3 Å². The Hall–Kier alpha value is -2.98. The first-order valence-electron chi connectivity index (χ1n) is 11.6. The highest BCUT2D eigenvalue weighted by Gasteiger charge is 2.33. The summed E-state index contributed by atoms with van der Waals surface area (Å²) in [5.41, 5.74) is -0.163. The number of nitrogens with one attached hydrogen (secondary N) is 3. The fraction of sp³-hybridized carbons (Fsp3) is 0.583. The minimum Gasteiger partial charge on any atom is -0.383 e. The minimum absolute atomic E-state index is 0.325. The summed E-state index contributed by atoms with van der Waals surface area (Å²) in [6, 6.07) is 9.16. The third-order valence-corrected chi connectivity index (χ3v) is 6.63. The summed E-state index contributed by atoms with van der Waals surface area (Å²) in [7, 11) is 1.72. The molecule has 9 nitrogen and oxygen atoms in total. The second-order valence-electron chi connectivity index (χ2n) is 8.91. The van der Waals surface area contributed by atoms with Crippen molar-refractivity contribution >= 4 is 22.4 Å². The standard InChI is InChI=1S/C24H31N7O2/c1-32-9-6-27-18-2-3-19(11-18)30-22-12-21-17(14-28-22)10-20(13-25)31-23(21)29-16-24(15-26)4-7-33-8-5-24/h10,12,14,18-19,27H,2-9,11,16H2,1H3,(H,28,30)(H,29,31)/t18-,19-/m0/s1. The van der Waals surface area contributed by atoms with Gasteiger partial charge < -0.3 is 25.4 Å². The highest BCUT2D eigenvalue weighted by molar-refractivity contribution is 5.93. The van der Waals surface area contributed by atoms with Gasteiger partial charge in [0.2, 0.25) is 0 Å². The summed E-state index contributed by atoms with van der Waals surface area (Å²) in [6.45, 7) is 3.21. The van der Waals surface area contributed by atoms with E-state index in [1.165, 1.54) is 0 Å². The summed E-state index contributed by atoms with van der Waals surface area (Å²) in [5.74, 6) is 1.40. The van der Waals surface area contributed by atoms with E-state index in [9.17, 15) is 10.5 Å². The molecule has 3 heterocycles. The van der Waals surface area contributed by atoms with E-state index >= 15 is 0 Å². The molecule has 0 amide bonds. The van der Waals surface area contributed by atoms with Crippen LogP contribution in [0, 0.1) is 28.1 Å². The van der Waals surface area contributed by atoms with E-state index in [0.717, 1.165) is 42.4 Å². The molecule has 9 heteroatoms. The van der Waals surface area contributed by atoms with Crippen molar-refractivity contribution in [3.05, 3.63) is 24.0 Å². The number of anilines is 2. The number of methoxy groups -OCH3 is 1. The predicted molar refractivity (Wildman–Crippen MR) is 126 cm³/mol. The van der Waals surface area contributed by atoms with Gasteiger partial charge in [-0.05, 0) is 44.2 Å². The number of rotatable bonds is 9. The topological polar surface area (TPSA) is 128 Å². The van der Waals surface area contributed by atoms with Crippen LogP contribution in [0.15, 0.2) is 18.3 Å². The van der Waals surface area contributed by atoms with Gasteiger partial charge in [0.15, 0.2) is 0 Å². The molecule has 0 aromatic carbocycles. The Bertz CT molecular complexity index is 1040. The molecule has 2 aromatic rings.